The van der Waals surface area contributed by atoms with Gasteiger partial charge in [-0.25, -0.2) is 0 Å². The van der Waals surface area contributed by atoms with Gasteiger partial charge in [-0.15, -0.1) is 0 Å². The van der Waals surface area contributed by atoms with Gasteiger partial charge in [-0.3, -0.25) is 14.4 Å². The van der Waals surface area contributed by atoms with E-state index < -0.39 is 30.1 Å². The molecule has 1 aliphatic heterocycles. The summed E-state index contributed by atoms with van der Waals surface area (Å²) in [5, 5.41) is 16.6. The molecule has 178 valence electrons. The molecule has 0 spiro atoms. The highest BCUT2D eigenvalue weighted by Crippen LogP contribution is 2.37. The van der Waals surface area contributed by atoms with E-state index in [0.29, 0.717) is 23.6 Å². The van der Waals surface area contributed by atoms with Crippen LogP contribution in [-0.2, 0) is 16.1 Å². The van der Waals surface area contributed by atoms with Crippen molar-refractivity contribution in [3.05, 3.63) is 59.2 Å². The largest absolute Gasteiger partial charge is 0.493 e. The number of primary amides is 1. The SMILES string of the molecule is CC(O)C(N)C(=O)O.COc1ccc(C(CC(N)=O)N2Cc3ccccc3C2=O)cc1OC. The predicted octanol–water partition coefficient (Wildman–Crippen LogP) is 1.06. The van der Waals surface area contributed by atoms with Crippen LogP contribution in [0, 0.1) is 0 Å². The molecule has 10 heteroatoms. The number of rotatable bonds is 8. The number of carbonyl (C=O) groups excluding carboxylic acids is 2. The third-order valence-electron chi connectivity index (χ3n) is 5.22. The fourth-order valence-corrected chi connectivity index (χ4v) is 3.39. The van der Waals surface area contributed by atoms with Gasteiger partial charge in [0.1, 0.15) is 6.04 Å². The molecule has 3 rings (SSSR count). The average Bonchev–Trinajstić information content (AvgIpc) is 3.13. The summed E-state index contributed by atoms with van der Waals surface area (Å²) in [7, 11) is 3.10. The highest BCUT2D eigenvalue weighted by Gasteiger charge is 2.34. The molecule has 0 radical (unpaired) electrons. The zero-order valence-corrected chi connectivity index (χ0v) is 18.7. The number of nitrogens with two attached hydrogens (primary N) is 2. The number of aliphatic carboxylic acids is 1. The smallest absolute Gasteiger partial charge is 0.323 e. The Morgan fingerprint density at radius 3 is 2.24 bits per heavy atom. The number of hydrogen-bond acceptors (Lipinski definition) is 7. The Balaban J connectivity index is 0.000000414. The number of carboxylic acids is 1. The Morgan fingerprint density at radius 1 is 1.12 bits per heavy atom. The summed E-state index contributed by atoms with van der Waals surface area (Å²) in [6, 6.07) is 11.2. The number of aliphatic hydroxyl groups is 1. The first-order chi connectivity index (χ1) is 15.6. The maximum Gasteiger partial charge on any atom is 0.323 e. The van der Waals surface area contributed by atoms with Gasteiger partial charge in [0.15, 0.2) is 11.5 Å². The summed E-state index contributed by atoms with van der Waals surface area (Å²) >= 11 is 0. The maximum absolute atomic E-state index is 12.8. The van der Waals surface area contributed by atoms with Gasteiger partial charge in [-0.1, -0.05) is 24.3 Å². The first kappa shape index (κ1) is 25.6. The van der Waals surface area contributed by atoms with Crippen molar-refractivity contribution in [1.29, 1.82) is 0 Å². The fraction of sp³-hybridized carbons (Fsp3) is 0.348. The van der Waals surface area contributed by atoms with Crippen molar-refractivity contribution in [2.75, 3.05) is 14.2 Å². The van der Waals surface area contributed by atoms with E-state index in [9.17, 15) is 14.4 Å². The van der Waals surface area contributed by atoms with Crippen LogP contribution >= 0.6 is 0 Å². The molecule has 0 saturated carbocycles. The average molecular weight is 459 g/mol. The molecule has 0 aromatic heterocycles. The van der Waals surface area contributed by atoms with Crippen LogP contribution in [-0.4, -0.2) is 59.3 Å². The zero-order valence-electron chi connectivity index (χ0n) is 18.7. The molecular weight excluding hydrogens is 430 g/mol. The highest BCUT2D eigenvalue weighted by molar-refractivity contribution is 5.98. The van der Waals surface area contributed by atoms with E-state index in [2.05, 4.69) is 0 Å². The van der Waals surface area contributed by atoms with E-state index in [0.717, 1.165) is 11.1 Å². The second-order valence-corrected chi connectivity index (χ2v) is 7.50. The van der Waals surface area contributed by atoms with Crippen LogP contribution in [0.5, 0.6) is 11.5 Å². The van der Waals surface area contributed by atoms with Gasteiger partial charge in [0.05, 0.1) is 32.8 Å². The number of hydrogen-bond donors (Lipinski definition) is 4. The molecule has 1 heterocycles. The van der Waals surface area contributed by atoms with Gasteiger partial charge in [0.25, 0.3) is 5.91 Å². The lowest BCUT2D eigenvalue weighted by atomic mass is 10.0. The van der Waals surface area contributed by atoms with Gasteiger partial charge < -0.3 is 36.1 Å². The van der Waals surface area contributed by atoms with Crippen LogP contribution in [0.1, 0.15) is 40.9 Å². The van der Waals surface area contributed by atoms with Gasteiger partial charge in [-0.2, -0.15) is 0 Å². The normalized spacial score (nSPS) is 14.9. The summed E-state index contributed by atoms with van der Waals surface area (Å²) < 4.78 is 10.6. The summed E-state index contributed by atoms with van der Waals surface area (Å²) in [6.45, 7) is 1.78. The Bertz CT molecular complexity index is 1010. The van der Waals surface area contributed by atoms with Crippen molar-refractivity contribution in [3.8, 4) is 11.5 Å². The molecule has 2 aromatic rings. The van der Waals surface area contributed by atoms with E-state index in [1.165, 1.54) is 6.92 Å². The van der Waals surface area contributed by atoms with E-state index in [1.54, 1.807) is 37.3 Å². The molecule has 1 aliphatic rings. The number of benzene rings is 2. The minimum Gasteiger partial charge on any atom is -0.493 e. The third-order valence-corrected chi connectivity index (χ3v) is 5.22. The van der Waals surface area contributed by atoms with Crippen LogP contribution in [0.4, 0.5) is 0 Å². The minimum absolute atomic E-state index is 0.0369. The highest BCUT2D eigenvalue weighted by atomic mass is 16.5. The number of nitrogens with zero attached hydrogens (tertiary/aromatic N) is 1. The predicted molar refractivity (Wildman–Crippen MR) is 120 cm³/mol. The van der Waals surface area contributed by atoms with Gasteiger partial charge in [0, 0.05) is 12.1 Å². The molecule has 3 unspecified atom stereocenters. The molecule has 3 atom stereocenters. The molecule has 0 bridgehead atoms. The standard InChI is InChI=1S/C19H20N2O4.C4H9NO3/c1-24-16-8-7-12(9-17(16)25-2)15(10-18(20)22)21-11-13-5-3-4-6-14(13)19(21)23;1-2(6)3(5)4(7)8/h3-9,15H,10-11H2,1-2H3,(H2,20,22);2-3,6H,5H2,1H3,(H,7,8). The second-order valence-electron chi connectivity index (χ2n) is 7.50. The monoisotopic (exact) mass is 459 g/mol. The van der Waals surface area contributed by atoms with E-state index >= 15 is 0 Å². The molecule has 0 aliphatic carbocycles. The number of methoxy groups -OCH3 is 2. The fourth-order valence-electron chi connectivity index (χ4n) is 3.39. The van der Waals surface area contributed by atoms with Crippen molar-refractivity contribution in [1.82, 2.24) is 4.90 Å². The summed E-state index contributed by atoms with van der Waals surface area (Å²) in [4.78, 5) is 35.9. The first-order valence-corrected chi connectivity index (χ1v) is 10.2. The van der Waals surface area contributed by atoms with Crippen molar-refractivity contribution < 1.29 is 34.1 Å². The number of ether oxygens (including phenoxy) is 2. The lowest BCUT2D eigenvalue weighted by Gasteiger charge is -2.28. The lowest BCUT2D eigenvalue weighted by molar-refractivity contribution is -0.140. The van der Waals surface area contributed by atoms with Gasteiger partial charge in [0.2, 0.25) is 5.91 Å². The van der Waals surface area contributed by atoms with Crippen molar-refractivity contribution in [3.63, 3.8) is 0 Å². The minimum atomic E-state index is -1.18. The van der Waals surface area contributed by atoms with E-state index in [4.69, 9.17) is 31.2 Å². The summed E-state index contributed by atoms with van der Waals surface area (Å²) in [6.07, 6.45) is -0.942. The Labute approximate surface area is 191 Å². The molecule has 33 heavy (non-hydrogen) atoms. The molecule has 0 fully saturated rings. The molecule has 2 aromatic carbocycles. The number of carboxylic acid groups (broad SMARTS) is 1. The lowest BCUT2D eigenvalue weighted by Crippen LogP contribution is -2.39. The van der Waals surface area contributed by atoms with Crippen LogP contribution in [0.25, 0.3) is 0 Å². The summed E-state index contributed by atoms with van der Waals surface area (Å²) in [5.41, 5.74) is 12.7. The zero-order chi connectivity index (χ0) is 24.7. The topological polar surface area (TPSA) is 165 Å². The molecular formula is C23H29N3O7. The van der Waals surface area contributed by atoms with Crippen molar-refractivity contribution in [2.45, 2.75) is 38.1 Å². The number of carbonyl (C=O) groups is 3. The molecule has 6 N–H and O–H groups in total. The van der Waals surface area contributed by atoms with Crippen LogP contribution in [0.3, 0.4) is 0 Å². The second kappa shape index (κ2) is 11.3. The van der Waals surface area contributed by atoms with Crippen molar-refractivity contribution in [2.24, 2.45) is 11.5 Å². The van der Waals surface area contributed by atoms with Crippen LogP contribution in [0.15, 0.2) is 42.5 Å². The number of amides is 2. The van der Waals surface area contributed by atoms with Crippen LogP contribution in [0.2, 0.25) is 0 Å². The Morgan fingerprint density at radius 2 is 1.76 bits per heavy atom. The van der Waals surface area contributed by atoms with Crippen LogP contribution < -0.4 is 20.9 Å². The maximum atomic E-state index is 12.8. The number of fused-ring (bicyclic) bond motifs is 1. The summed E-state index contributed by atoms with van der Waals surface area (Å²) in [5.74, 6) is -0.626. The first-order valence-electron chi connectivity index (χ1n) is 10.2. The van der Waals surface area contributed by atoms with E-state index in [-0.39, 0.29) is 12.3 Å². The van der Waals surface area contributed by atoms with Crippen molar-refractivity contribution >= 4 is 17.8 Å². The third kappa shape index (κ3) is 6.21. The molecule has 10 nitrogen and oxygen atoms in total. The number of aliphatic hydroxyl groups excluding tert-OH is 1. The van der Waals surface area contributed by atoms with Gasteiger partial charge in [-0.05, 0) is 36.2 Å². The van der Waals surface area contributed by atoms with E-state index in [1.807, 2.05) is 24.3 Å². The molecule has 2 amide bonds. The Hall–Kier alpha value is -3.63. The quantitative estimate of drug-likeness (QED) is 0.455. The Kier molecular flexibility index (Phi) is 8.78. The van der Waals surface area contributed by atoms with Gasteiger partial charge >= 0.3 is 5.97 Å². The molecule has 0 saturated heterocycles.